The molecule has 1 aromatic carbocycles. The molecule has 1 atom stereocenters. The van der Waals surface area contributed by atoms with Gasteiger partial charge in [-0.05, 0) is 29.1 Å². The highest BCUT2D eigenvalue weighted by Gasteiger charge is 2.30. The average molecular weight is 364 g/mol. The van der Waals surface area contributed by atoms with Crippen LogP contribution in [0.15, 0.2) is 35.7 Å². The molecular formula is C17H17FN2O2S2. The third-order valence-corrected chi connectivity index (χ3v) is 5.81. The van der Waals surface area contributed by atoms with Crippen molar-refractivity contribution in [2.45, 2.75) is 18.1 Å². The van der Waals surface area contributed by atoms with Gasteiger partial charge in [0, 0.05) is 35.0 Å². The van der Waals surface area contributed by atoms with Gasteiger partial charge < -0.3 is 10.6 Å². The second kappa shape index (κ2) is 7.81. The molecule has 1 unspecified atom stereocenters. The molecule has 4 nitrogen and oxygen atoms in total. The number of carbonyl (C=O) groups is 2. The van der Waals surface area contributed by atoms with Gasteiger partial charge in [0.25, 0.3) is 0 Å². The van der Waals surface area contributed by atoms with E-state index in [2.05, 4.69) is 16.7 Å². The molecule has 2 heterocycles. The molecule has 0 saturated carbocycles. The van der Waals surface area contributed by atoms with E-state index >= 15 is 0 Å². The van der Waals surface area contributed by atoms with Gasteiger partial charge in [0.05, 0.1) is 5.92 Å². The summed E-state index contributed by atoms with van der Waals surface area (Å²) in [5, 5.41) is 7.54. The van der Waals surface area contributed by atoms with E-state index in [0.717, 1.165) is 11.5 Å². The van der Waals surface area contributed by atoms with Crippen molar-refractivity contribution in [2.75, 3.05) is 17.6 Å². The van der Waals surface area contributed by atoms with Gasteiger partial charge in [-0.3, -0.25) is 9.59 Å². The van der Waals surface area contributed by atoms with Crippen LogP contribution in [-0.4, -0.2) is 24.1 Å². The van der Waals surface area contributed by atoms with Gasteiger partial charge in [-0.25, -0.2) is 4.39 Å². The van der Waals surface area contributed by atoms with Crippen LogP contribution < -0.4 is 10.6 Å². The maximum Gasteiger partial charge on any atom is 0.228 e. The summed E-state index contributed by atoms with van der Waals surface area (Å²) in [4.78, 5) is 25.4. The van der Waals surface area contributed by atoms with Gasteiger partial charge in [0.1, 0.15) is 5.82 Å². The largest absolute Gasteiger partial charge is 0.355 e. The minimum absolute atomic E-state index is 0.0901. The van der Waals surface area contributed by atoms with Crippen molar-refractivity contribution in [3.8, 4) is 0 Å². The minimum atomic E-state index is -0.559. The zero-order valence-electron chi connectivity index (χ0n) is 12.9. The molecule has 2 N–H and O–H groups in total. The van der Waals surface area contributed by atoms with Crippen LogP contribution in [0.1, 0.15) is 22.8 Å². The molecule has 1 aliphatic heterocycles. The van der Waals surface area contributed by atoms with Crippen molar-refractivity contribution in [1.82, 2.24) is 5.32 Å². The molecule has 24 heavy (non-hydrogen) atoms. The smallest absolute Gasteiger partial charge is 0.228 e. The number of hydrogen-bond donors (Lipinski definition) is 2. The molecule has 0 spiro atoms. The molecule has 0 fully saturated rings. The lowest BCUT2D eigenvalue weighted by Crippen LogP contribution is -2.36. The van der Waals surface area contributed by atoms with E-state index in [-0.39, 0.29) is 18.2 Å². The third kappa shape index (κ3) is 4.15. The summed E-state index contributed by atoms with van der Waals surface area (Å²) < 4.78 is 13.3. The van der Waals surface area contributed by atoms with Crippen LogP contribution >= 0.6 is 23.1 Å². The molecule has 126 valence electrons. The zero-order chi connectivity index (χ0) is 16.9. The Morgan fingerprint density at radius 3 is 3.08 bits per heavy atom. The fourth-order valence-corrected chi connectivity index (χ4v) is 4.31. The highest BCUT2D eigenvalue weighted by molar-refractivity contribution is 7.98. The summed E-state index contributed by atoms with van der Waals surface area (Å²) in [7, 11) is 0. The lowest BCUT2D eigenvalue weighted by atomic mass is 9.90. The zero-order valence-corrected chi connectivity index (χ0v) is 14.5. The highest BCUT2D eigenvalue weighted by Crippen LogP contribution is 2.32. The second-order valence-corrected chi connectivity index (χ2v) is 7.60. The number of benzene rings is 1. The van der Waals surface area contributed by atoms with Crippen molar-refractivity contribution in [3.63, 3.8) is 0 Å². The predicted octanol–water partition coefficient (Wildman–Crippen LogP) is 3.36. The topological polar surface area (TPSA) is 58.2 Å². The maximum absolute atomic E-state index is 13.3. The number of halogens is 1. The number of thioether (sulfide) groups is 1. The fraction of sp³-hybridized carbons (Fsp3) is 0.294. The number of carbonyl (C=O) groups excluding carboxylic acids is 2. The SMILES string of the molecule is O=C1CC(C(=O)NCCSCc2cccs2)c2ccc(F)cc2N1. The number of anilines is 1. The van der Waals surface area contributed by atoms with E-state index in [1.165, 1.54) is 17.0 Å². The van der Waals surface area contributed by atoms with Crippen LogP contribution in [0.3, 0.4) is 0 Å². The Morgan fingerprint density at radius 1 is 1.42 bits per heavy atom. The van der Waals surface area contributed by atoms with Crippen LogP contribution in [0.25, 0.3) is 0 Å². The Labute approximate surface area is 147 Å². The minimum Gasteiger partial charge on any atom is -0.355 e. The third-order valence-electron chi connectivity index (χ3n) is 3.74. The monoisotopic (exact) mass is 364 g/mol. The van der Waals surface area contributed by atoms with Crippen molar-refractivity contribution < 1.29 is 14.0 Å². The van der Waals surface area contributed by atoms with Crippen LogP contribution in [0.4, 0.5) is 10.1 Å². The van der Waals surface area contributed by atoms with Crippen molar-refractivity contribution in [2.24, 2.45) is 0 Å². The molecule has 3 rings (SSSR count). The van der Waals surface area contributed by atoms with Crippen molar-refractivity contribution in [3.05, 3.63) is 52.0 Å². The first-order valence-electron chi connectivity index (χ1n) is 7.60. The number of rotatable bonds is 6. The van der Waals surface area contributed by atoms with Gasteiger partial charge >= 0.3 is 0 Å². The Bertz CT molecular complexity index is 734. The standard InChI is InChI=1S/C17H17FN2O2S2/c18-11-3-4-13-14(9-16(21)20-15(13)8-11)17(22)19-5-7-23-10-12-2-1-6-24-12/h1-4,6,8,14H,5,7,9-10H2,(H,19,22)(H,20,21). The van der Waals surface area contributed by atoms with Crippen LogP contribution in [0.5, 0.6) is 0 Å². The molecule has 0 saturated heterocycles. The first-order chi connectivity index (χ1) is 11.6. The predicted molar refractivity (Wildman–Crippen MR) is 95.9 cm³/mol. The van der Waals surface area contributed by atoms with E-state index in [1.54, 1.807) is 29.2 Å². The molecule has 7 heteroatoms. The molecule has 1 aliphatic rings. The van der Waals surface area contributed by atoms with Gasteiger partial charge in [-0.15, -0.1) is 11.3 Å². The quantitative estimate of drug-likeness (QED) is 0.773. The van der Waals surface area contributed by atoms with E-state index in [1.807, 2.05) is 11.4 Å². The first-order valence-corrected chi connectivity index (χ1v) is 9.64. The summed E-state index contributed by atoms with van der Waals surface area (Å²) in [6.45, 7) is 0.545. The molecule has 0 radical (unpaired) electrons. The Balaban J connectivity index is 1.52. The van der Waals surface area contributed by atoms with Crippen molar-refractivity contribution in [1.29, 1.82) is 0 Å². The van der Waals surface area contributed by atoms with Crippen molar-refractivity contribution >= 4 is 40.6 Å². The molecule has 0 bridgehead atoms. The van der Waals surface area contributed by atoms with Crippen LogP contribution in [0, 0.1) is 5.82 Å². The molecule has 2 aromatic rings. The van der Waals surface area contributed by atoms with Crippen LogP contribution in [0.2, 0.25) is 0 Å². The first kappa shape index (κ1) is 17.0. The molecular weight excluding hydrogens is 347 g/mol. The number of nitrogens with one attached hydrogen (secondary N) is 2. The van der Waals surface area contributed by atoms with E-state index in [9.17, 15) is 14.0 Å². The Morgan fingerprint density at radius 2 is 2.29 bits per heavy atom. The van der Waals surface area contributed by atoms with Gasteiger partial charge in [0.15, 0.2) is 0 Å². The number of fused-ring (bicyclic) bond motifs is 1. The van der Waals surface area contributed by atoms with E-state index in [4.69, 9.17) is 0 Å². The van der Waals surface area contributed by atoms with Gasteiger partial charge in [-0.1, -0.05) is 12.1 Å². The average Bonchev–Trinajstić information content (AvgIpc) is 3.06. The number of hydrogen-bond acceptors (Lipinski definition) is 4. The summed E-state index contributed by atoms with van der Waals surface area (Å²) in [6.07, 6.45) is 0.0901. The fourth-order valence-electron chi connectivity index (χ4n) is 2.61. The summed E-state index contributed by atoms with van der Waals surface area (Å²) in [6, 6.07) is 8.25. The lowest BCUT2D eigenvalue weighted by Gasteiger charge is -2.24. The van der Waals surface area contributed by atoms with Crippen LogP contribution in [-0.2, 0) is 15.3 Å². The summed E-state index contributed by atoms with van der Waals surface area (Å²) in [5.41, 5.74) is 1.05. The second-order valence-electron chi connectivity index (χ2n) is 5.46. The van der Waals surface area contributed by atoms with Gasteiger partial charge in [0.2, 0.25) is 11.8 Å². The normalized spacial score (nSPS) is 16.4. The highest BCUT2D eigenvalue weighted by atomic mass is 32.2. The molecule has 0 aliphatic carbocycles. The Kier molecular flexibility index (Phi) is 5.52. The number of thiophene rings is 1. The van der Waals surface area contributed by atoms with E-state index in [0.29, 0.717) is 17.8 Å². The maximum atomic E-state index is 13.3. The number of amides is 2. The Hall–Kier alpha value is -1.86. The van der Waals surface area contributed by atoms with E-state index < -0.39 is 11.7 Å². The molecule has 2 amide bonds. The summed E-state index contributed by atoms with van der Waals surface area (Å²) in [5.74, 6) is 0.298. The summed E-state index contributed by atoms with van der Waals surface area (Å²) >= 11 is 3.47. The van der Waals surface area contributed by atoms with Gasteiger partial charge in [-0.2, -0.15) is 11.8 Å². The molecule has 1 aromatic heterocycles. The lowest BCUT2D eigenvalue weighted by molar-refractivity contribution is -0.126.